The second kappa shape index (κ2) is 6.14. The van der Waals surface area contributed by atoms with E-state index in [1.165, 1.54) is 19.3 Å². The highest BCUT2D eigenvalue weighted by atomic mass is 16.5. The van der Waals surface area contributed by atoms with E-state index in [0.29, 0.717) is 18.2 Å². The first-order valence-corrected chi connectivity index (χ1v) is 6.88. The molecule has 18 heavy (non-hydrogen) atoms. The molecule has 1 aliphatic carbocycles. The molecule has 1 saturated carbocycles. The molecule has 0 bridgehead atoms. The zero-order chi connectivity index (χ0) is 13.0. The Morgan fingerprint density at radius 2 is 2.22 bits per heavy atom. The fourth-order valence-electron chi connectivity index (χ4n) is 2.80. The molecule has 4 heteroatoms. The third kappa shape index (κ3) is 2.80. The van der Waals surface area contributed by atoms with Crippen molar-refractivity contribution in [2.75, 3.05) is 6.61 Å². The lowest BCUT2D eigenvalue weighted by Gasteiger charge is -2.28. The molecule has 1 aliphatic rings. The van der Waals surface area contributed by atoms with Crippen LogP contribution in [-0.2, 0) is 11.8 Å². The molecule has 0 amide bonds. The van der Waals surface area contributed by atoms with Crippen LogP contribution in [0.15, 0.2) is 12.3 Å². The van der Waals surface area contributed by atoms with Crippen LogP contribution < -0.4 is 0 Å². The number of hydrogen-bond donors (Lipinski definition) is 0. The number of ether oxygens (including phenoxy) is 1. The molecule has 1 aromatic rings. The molecular formula is C14H22N2O2. The first-order valence-electron chi connectivity index (χ1n) is 6.88. The Balaban J connectivity index is 2.13. The van der Waals surface area contributed by atoms with Gasteiger partial charge in [0.1, 0.15) is 11.8 Å². The second-order valence-corrected chi connectivity index (χ2v) is 4.98. The third-order valence-corrected chi connectivity index (χ3v) is 3.76. The minimum Gasteiger partial charge on any atom is -0.370 e. The number of ketones is 1. The average Bonchev–Trinajstić information content (AvgIpc) is 2.82. The van der Waals surface area contributed by atoms with Gasteiger partial charge in [-0.15, -0.1) is 0 Å². The number of rotatable bonds is 5. The van der Waals surface area contributed by atoms with Gasteiger partial charge in [0.15, 0.2) is 0 Å². The Bertz CT molecular complexity index is 394. The number of nitrogens with zero attached hydrogens (tertiary/aromatic N) is 2. The Morgan fingerprint density at radius 1 is 1.50 bits per heavy atom. The molecule has 1 aromatic heterocycles. The maximum atomic E-state index is 12.5. The van der Waals surface area contributed by atoms with Gasteiger partial charge >= 0.3 is 0 Å². The topological polar surface area (TPSA) is 44.1 Å². The van der Waals surface area contributed by atoms with E-state index in [4.69, 9.17) is 4.74 Å². The van der Waals surface area contributed by atoms with E-state index in [1.807, 2.05) is 6.92 Å². The van der Waals surface area contributed by atoms with Crippen LogP contribution in [0.3, 0.4) is 0 Å². The number of aromatic nitrogens is 2. The van der Waals surface area contributed by atoms with Crippen LogP contribution in [0.1, 0.15) is 49.5 Å². The molecule has 0 aliphatic heterocycles. The van der Waals surface area contributed by atoms with Crippen LogP contribution >= 0.6 is 0 Å². The van der Waals surface area contributed by atoms with E-state index >= 15 is 0 Å². The lowest BCUT2D eigenvalue weighted by atomic mass is 9.83. The lowest BCUT2D eigenvalue weighted by Crippen LogP contribution is -2.35. The van der Waals surface area contributed by atoms with Crippen molar-refractivity contribution in [3.05, 3.63) is 18.0 Å². The van der Waals surface area contributed by atoms with Crippen LogP contribution in [0.4, 0.5) is 0 Å². The monoisotopic (exact) mass is 250 g/mol. The summed E-state index contributed by atoms with van der Waals surface area (Å²) in [4.78, 5) is 12.5. The van der Waals surface area contributed by atoms with Crippen molar-refractivity contribution in [1.82, 2.24) is 9.78 Å². The number of aryl methyl sites for hydroxylation is 1. The largest absolute Gasteiger partial charge is 0.370 e. The molecular weight excluding hydrogens is 228 g/mol. The zero-order valence-corrected chi connectivity index (χ0v) is 11.3. The van der Waals surface area contributed by atoms with Crippen LogP contribution in [0, 0.1) is 5.92 Å². The van der Waals surface area contributed by atoms with Crippen molar-refractivity contribution in [2.24, 2.45) is 13.0 Å². The second-order valence-electron chi connectivity index (χ2n) is 4.98. The minimum atomic E-state index is -0.286. The SMILES string of the molecule is CCOC(C(=O)c1ccnn1C)C1CCCCC1. The van der Waals surface area contributed by atoms with Gasteiger partial charge in [0.25, 0.3) is 0 Å². The summed E-state index contributed by atoms with van der Waals surface area (Å²) in [5, 5.41) is 4.07. The maximum Gasteiger partial charge on any atom is 0.209 e. The van der Waals surface area contributed by atoms with E-state index in [0.717, 1.165) is 12.8 Å². The van der Waals surface area contributed by atoms with E-state index < -0.39 is 0 Å². The van der Waals surface area contributed by atoms with Gasteiger partial charge in [-0.05, 0) is 31.7 Å². The predicted molar refractivity (Wildman–Crippen MR) is 69.5 cm³/mol. The van der Waals surface area contributed by atoms with Gasteiger partial charge < -0.3 is 4.74 Å². The summed E-state index contributed by atoms with van der Waals surface area (Å²) in [7, 11) is 1.80. The lowest BCUT2D eigenvalue weighted by molar-refractivity contribution is 0.0120. The van der Waals surface area contributed by atoms with Gasteiger partial charge in [-0.2, -0.15) is 5.10 Å². The van der Waals surface area contributed by atoms with Gasteiger partial charge in [0.2, 0.25) is 5.78 Å². The number of carbonyl (C=O) groups is 1. The first kappa shape index (κ1) is 13.3. The molecule has 0 saturated heterocycles. The van der Waals surface area contributed by atoms with Crippen LogP contribution in [0.5, 0.6) is 0 Å². The summed E-state index contributed by atoms with van der Waals surface area (Å²) in [5.41, 5.74) is 0.652. The van der Waals surface area contributed by atoms with Crippen molar-refractivity contribution >= 4 is 5.78 Å². The molecule has 2 rings (SSSR count). The molecule has 1 atom stereocenters. The minimum absolute atomic E-state index is 0.0868. The van der Waals surface area contributed by atoms with Gasteiger partial charge in [0, 0.05) is 19.9 Å². The van der Waals surface area contributed by atoms with E-state index in [2.05, 4.69) is 5.10 Å². The standard InChI is InChI=1S/C14H22N2O2/c1-3-18-14(11-7-5-4-6-8-11)13(17)12-9-10-15-16(12)2/h9-11,14H,3-8H2,1-2H3. The summed E-state index contributed by atoms with van der Waals surface area (Å²) in [6.07, 6.45) is 7.31. The Labute approximate surface area is 108 Å². The first-order chi connectivity index (χ1) is 8.74. The summed E-state index contributed by atoms with van der Waals surface area (Å²) >= 11 is 0. The highest BCUT2D eigenvalue weighted by Crippen LogP contribution is 2.29. The Kier molecular flexibility index (Phi) is 4.53. The van der Waals surface area contributed by atoms with Crippen molar-refractivity contribution < 1.29 is 9.53 Å². The third-order valence-electron chi connectivity index (χ3n) is 3.76. The predicted octanol–water partition coefficient (Wildman–Crippen LogP) is 2.59. The summed E-state index contributed by atoms with van der Waals surface area (Å²) < 4.78 is 7.37. The van der Waals surface area contributed by atoms with E-state index in [9.17, 15) is 4.79 Å². The average molecular weight is 250 g/mol. The summed E-state index contributed by atoms with van der Waals surface area (Å²) in [6.45, 7) is 2.54. The quantitative estimate of drug-likeness (QED) is 0.754. The Morgan fingerprint density at radius 3 is 2.78 bits per heavy atom. The van der Waals surface area contributed by atoms with Crippen LogP contribution in [-0.4, -0.2) is 28.3 Å². The fraction of sp³-hybridized carbons (Fsp3) is 0.714. The van der Waals surface area contributed by atoms with Crippen LogP contribution in [0.2, 0.25) is 0 Å². The van der Waals surface area contributed by atoms with Crippen molar-refractivity contribution in [1.29, 1.82) is 0 Å². The van der Waals surface area contributed by atoms with E-state index in [-0.39, 0.29) is 11.9 Å². The molecule has 1 unspecified atom stereocenters. The van der Waals surface area contributed by atoms with Gasteiger partial charge in [-0.25, -0.2) is 0 Å². The van der Waals surface area contributed by atoms with Crippen molar-refractivity contribution in [3.63, 3.8) is 0 Å². The number of carbonyl (C=O) groups excluding carboxylic acids is 1. The highest BCUT2D eigenvalue weighted by molar-refractivity contribution is 5.98. The Hall–Kier alpha value is -1.16. The van der Waals surface area contributed by atoms with Crippen molar-refractivity contribution in [3.8, 4) is 0 Å². The molecule has 1 heterocycles. The number of Topliss-reactive ketones (excluding diaryl/α,β-unsaturated/α-hetero) is 1. The highest BCUT2D eigenvalue weighted by Gasteiger charge is 2.31. The smallest absolute Gasteiger partial charge is 0.209 e. The molecule has 0 aromatic carbocycles. The normalized spacial score (nSPS) is 18.8. The zero-order valence-electron chi connectivity index (χ0n) is 11.3. The van der Waals surface area contributed by atoms with Crippen LogP contribution in [0.25, 0.3) is 0 Å². The van der Waals surface area contributed by atoms with Gasteiger partial charge in [0.05, 0.1) is 0 Å². The molecule has 0 N–H and O–H groups in total. The number of hydrogen-bond acceptors (Lipinski definition) is 3. The molecule has 1 fully saturated rings. The fourth-order valence-corrected chi connectivity index (χ4v) is 2.80. The molecule has 4 nitrogen and oxygen atoms in total. The molecule has 0 spiro atoms. The maximum absolute atomic E-state index is 12.5. The molecule has 100 valence electrons. The molecule has 0 radical (unpaired) electrons. The summed E-state index contributed by atoms with van der Waals surface area (Å²) in [5.74, 6) is 0.463. The van der Waals surface area contributed by atoms with Crippen molar-refractivity contribution in [2.45, 2.75) is 45.1 Å². The van der Waals surface area contributed by atoms with Gasteiger partial charge in [-0.1, -0.05) is 19.3 Å². The van der Waals surface area contributed by atoms with Gasteiger partial charge in [-0.3, -0.25) is 9.48 Å². The summed E-state index contributed by atoms with van der Waals surface area (Å²) in [6, 6.07) is 1.77. The van der Waals surface area contributed by atoms with E-state index in [1.54, 1.807) is 24.0 Å².